The first kappa shape index (κ1) is 16.2. The number of nitrogens with one attached hydrogen (secondary N) is 1. The second kappa shape index (κ2) is 6.87. The Morgan fingerprint density at radius 1 is 1.39 bits per heavy atom. The number of fused-ring (bicyclic) bond motifs is 1. The van der Waals surface area contributed by atoms with Crippen molar-refractivity contribution in [2.24, 2.45) is 0 Å². The van der Waals surface area contributed by atoms with Crippen LogP contribution in [0.2, 0.25) is 10.0 Å². The molecule has 1 atom stereocenters. The molecule has 1 N–H and O–H groups in total. The Morgan fingerprint density at radius 3 is 2.96 bits per heavy atom. The average molecular weight is 350 g/mol. The van der Waals surface area contributed by atoms with Gasteiger partial charge in [-0.3, -0.25) is 9.69 Å². The van der Waals surface area contributed by atoms with Gasteiger partial charge in [-0.2, -0.15) is 0 Å². The summed E-state index contributed by atoms with van der Waals surface area (Å²) in [5.41, 5.74) is 2.53. The number of anilines is 1. The summed E-state index contributed by atoms with van der Waals surface area (Å²) >= 11 is 11.9. The molecule has 1 aliphatic rings. The molecule has 0 unspecified atom stereocenters. The molecule has 1 aromatic carbocycles. The molecule has 0 fully saturated rings. The van der Waals surface area contributed by atoms with Crippen molar-refractivity contribution in [1.82, 2.24) is 9.88 Å². The maximum Gasteiger partial charge on any atom is 0.227 e. The third-order valence-electron chi connectivity index (χ3n) is 4.12. The predicted octanol–water partition coefficient (Wildman–Crippen LogP) is 3.95. The van der Waals surface area contributed by atoms with Gasteiger partial charge in [-0.1, -0.05) is 47.5 Å². The van der Waals surface area contributed by atoms with Gasteiger partial charge >= 0.3 is 0 Å². The SMILES string of the molecule is CN1CCc2ccccc2[C@H]1CC(=O)Nc1ncc(Cl)cc1Cl. The molecule has 6 heteroatoms. The number of likely N-dealkylation sites (N-methyl/N-ethyl adjacent to an activating group) is 1. The van der Waals surface area contributed by atoms with Gasteiger partial charge in [-0.25, -0.2) is 4.98 Å². The van der Waals surface area contributed by atoms with Crippen molar-refractivity contribution < 1.29 is 4.79 Å². The predicted molar refractivity (Wildman–Crippen MR) is 93.0 cm³/mol. The van der Waals surface area contributed by atoms with Crippen molar-refractivity contribution in [3.63, 3.8) is 0 Å². The summed E-state index contributed by atoms with van der Waals surface area (Å²) in [6.07, 6.45) is 2.83. The van der Waals surface area contributed by atoms with Crippen LogP contribution in [0.1, 0.15) is 23.6 Å². The van der Waals surface area contributed by atoms with Crippen LogP contribution in [0.5, 0.6) is 0 Å². The molecule has 0 radical (unpaired) electrons. The largest absolute Gasteiger partial charge is 0.309 e. The summed E-state index contributed by atoms with van der Waals surface area (Å²) < 4.78 is 0. The third kappa shape index (κ3) is 3.66. The number of halogens is 2. The number of amides is 1. The van der Waals surface area contributed by atoms with Gasteiger partial charge in [0.15, 0.2) is 5.82 Å². The van der Waals surface area contributed by atoms with E-state index in [1.807, 2.05) is 19.2 Å². The van der Waals surface area contributed by atoms with E-state index in [1.165, 1.54) is 17.3 Å². The van der Waals surface area contributed by atoms with E-state index in [-0.39, 0.29) is 11.9 Å². The highest BCUT2D eigenvalue weighted by Gasteiger charge is 2.26. The van der Waals surface area contributed by atoms with Crippen LogP contribution >= 0.6 is 23.2 Å². The number of nitrogens with zero attached hydrogens (tertiary/aromatic N) is 2. The molecule has 0 spiro atoms. The van der Waals surface area contributed by atoms with Crippen molar-refractivity contribution in [3.05, 3.63) is 57.7 Å². The van der Waals surface area contributed by atoms with E-state index in [9.17, 15) is 4.79 Å². The van der Waals surface area contributed by atoms with Crippen LogP contribution in [0.3, 0.4) is 0 Å². The van der Waals surface area contributed by atoms with Gasteiger partial charge in [-0.05, 0) is 30.7 Å². The lowest BCUT2D eigenvalue weighted by Crippen LogP contribution is -2.34. The van der Waals surface area contributed by atoms with Gasteiger partial charge in [0.25, 0.3) is 0 Å². The standard InChI is InChI=1S/C17H17Cl2N3O/c1-22-7-6-11-4-2-3-5-13(11)15(22)9-16(23)21-17-14(19)8-12(18)10-20-17/h2-5,8,10,15H,6-7,9H2,1H3,(H,20,21,23)/t15-/m1/s1. The highest BCUT2D eigenvalue weighted by atomic mass is 35.5. The highest BCUT2D eigenvalue weighted by molar-refractivity contribution is 6.36. The normalized spacial score (nSPS) is 17.6. The first-order valence-electron chi connectivity index (χ1n) is 7.43. The number of carbonyl (C=O) groups excluding carboxylic acids is 1. The minimum atomic E-state index is -0.115. The second-order valence-corrected chi connectivity index (χ2v) is 6.53. The van der Waals surface area contributed by atoms with Crippen LogP contribution in [0.15, 0.2) is 36.5 Å². The average Bonchev–Trinajstić information content (AvgIpc) is 2.53. The number of rotatable bonds is 3. The summed E-state index contributed by atoms with van der Waals surface area (Å²) in [6.45, 7) is 0.939. The molecule has 0 saturated carbocycles. The van der Waals surface area contributed by atoms with Crippen LogP contribution in [-0.2, 0) is 11.2 Å². The first-order valence-corrected chi connectivity index (χ1v) is 8.19. The lowest BCUT2D eigenvalue weighted by Gasteiger charge is -2.34. The number of hydrogen-bond donors (Lipinski definition) is 1. The van der Waals surface area contributed by atoms with Crippen LogP contribution in [0.4, 0.5) is 5.82 Å². The maximum absolute atomic E-state index is 12.4. The lowest BCUT2D eigenvalue weighted by atomic mass is 9.91. The summed E-state index contributed by atoms with van der Waals surface area (Å²) in [5.74, 6) is 0.225. The highest BCUT2D eigenvalue weighted by Crippen LogP contribution is 2.31. The smallest absolute Gasteiger partial charge is 0.227 e. The summed E-state index contributed by atoms with van der Waals surface area (Å²) in [6, 6.07) is 9.90. The fourth-order valence-corrected chi connectivity index (χ4v) is 3.34. The van der Waals surface area contributed by atoms with Crippen LogP contribution in [-0.4, -0.2) is 29.4 Å². The van der Waals surface area contributed by atoms with E-state index in [4.69, 9.17) is 23.2 Å². The van der Waals surface area contributed by atoms with Gasteiger partial charge in [0, 0.05) is 25.2 Å². The summed E-state index contributed by atoms with van der Waals surface area (Å²) in [7, 11) is 2.04. The van der Waals surface area contributed by atoms with Crippen molar-refractivity contribution in [2.45, 2.75) is 18.9 Å². The zero-order chi connectivity index (χ0) is 16.4. The molecule has 2 aromatic rings. The summed E-state index contributed by atoms with van der Waals surface area (Å²) in [5, 5.41) is 3.54. The molecule has 120 valence electrons. The topological polar surface area (TPSA) is 45.2 Å². The molecule has 0 saturated heterocycles. The molecule has 0 aliphatic carbocycles. The van der Waals surface area contributed by atoms with E-state index in [0.717, 1.165) is 13.0 Å². The molecule has 2 heterocycles. The van der Waals surface area contributed by atoms with Crippen molar-refractivity contribution >= 4 is 34.9 Å². The van der Waals surface area contributed by atoms with E-state index in [1.54, 1.807) is 6.07 Å². The molecule has 0 bridgehead atoms. The van der Waals surface area contributed by atoms with Crippen molar-refractivity contribution in [2.75, 3.05) is 18.9 Å². The minimum absolute atomic E-state index is 0.0611. The van der Waals surface area contributed by atoms with Crippen LogP contribution < -0.4 is 5.32 Å². The number of carbonyl (C=O) groups is 1. The second-order valence-electron chi connectivity index (χ2n) is 5.68. The molecule has 1 aliphatic heterocycles. The monoisotopic (exact) mass is 349 g/mol. The number of aromatic nitrogens is 1. The Kier molecular flexibility index (Phi) is 4.85. The zero-order valence-corrected chi connectivity index (χ0v) is 14.2. The molecule has 1 amide bonds. The Balaban J connectivity index is 1.75. The lowest BCUT2D eigenvalue weighted by molar-refractivity contribution is -0.117. The van der Waals surface area contributed by atoms with Gasteiger partial charge < -0.3 is 5.32 Å². The molecule has 1 aromatic heterocycles. The van der Waals surface area contributed by atoms with Gasteiger partial charge in [-0.15, -0.1) is 0 Å². The van der Waals surface area contributed by atoms with Gasteiger partial charge in [0.05, 0.1) is 10.0 Å². The van der Waals surface area contributed by atoms with E-state index < -0.39 is 0 Å². The molecule has 4 nitrogen and oxygen atoms in total. The fourth-order valence-electron chi connectivity index (χ4n) is 2.91. The fraction of sp³-hybridized carbons (Fsp3) is 0.294. The zero-order valence-electron chi connectivity index (χ0n) is 12.7. The van der Waals surface area contributed by atoms with Gasteiger partial charge in [0.2, 0.25) is 5.91 Å². The van der Waals surface area contributed by atoms with E-state index in [2.05, 4.69) is 27.3 Å². The first-order chi connectivity index (χ1) is 11.0. The molecular formula is C17H17Cl2N3O. The van der Waals surface area contributed by atoms with Crippen LogP contribution in [0.25, 0.3) is 0 Å². The molecule has 3 rings (SSSR count). The summed E-state index contributed by atoms with van der Waals surface area (Å²) in [4.78, 5) is 18.7. The third-order valence-corrected chi connectivity index (χ3v) is 4.62. The Morgan fingerprint density at radius 2 is 2.17 bits per heavy atom. The number of benzene rings is 1. The van der Waals surface area contributed by atoms with E-state index in [0.29, 0.717) is 22.3 Å². The Hall–Kier alpha value is -1.62. The Bertz CT molecular complexity index is 736. The Labute approximate surface area is 145 Å². The van der Waals surface area contributed by atoms with E-state index >= 15 is 0 Å². The van der Waals surface area contributed by atoms with Crippen molar-refractivity contribution in [1.29, 1.82) is 0 Å². The number of pyridine rings is 1. The van der Waals surface area contributed by atoms with Gasteiger partial charge in [0.1, 0.15) is 0 Å². The number of hydrogen-bond acceptors (Lipinski definition) is 3. The van der Waals surface area contributed by atoms with Crippen LogP contribution in [0, 0.1) is 0 Å². The minimum Gasteiger partial charge on any atom is -0.309 e. The quantitative estimate of drug-likeness (QED) is 0.912. The maximum atomic E-state index is 12.4. The molecule has 23 heavy (non-hydrogen) atoms. The molecular weight excluding hydrogens is 333 g/mol. The van der Waals surface area contributed by atoms with Crippen molar-refractivity contribution in [3.8, 4) is 0 Å².